The van der Waals surface area contributed by atoms with Crippen LogP contribution < -0.4 is 5.32 Å². The first-order chi connectivity index (χ1) is 13.0. The molecular formula is C21H25N5O. The third-order valence-electron chi connectivity index (χ3n) is 5.31. The molecule has 3 heterocycles. The molecule has 27 heavy (non-hydrogen) atoms. The molecule has 0 spiro atoms. The first-order valence-corrected chi connectivity index (χ1v) is 9.43. The van der Waals surface area contributed by atoms with Crippen LogP contribution in [0.3, 0.4) is 0 Å². The van der Waals surface area contributed by atoms with Crippen molar-refractivity contribution in [2.75, 3.05) is 19.6 Å². The van der Waals surface area contributed by atoms with Crippen molar-refractivity contribution >= 4 is 16.9 Å². The minimum atomic E-state index is 0.0507. The first kappa shape index (κ1) is 17.7. The van der Waals surface area contributed by atoms with Crippen LogP contribution in [0.15, 0.2) is 36.4 Å². The highest BCUT2D eigenvalue weighted by molar-refractivity contribution is 5.98. The van der Waals surface area contributed by atoms with E-state index in [0.717, 1.165) is 41.9 Å². The number of carbonyl (C=O) groups excluding carboxylic acids is 1. The van der Waals surface area contributed by atoms with Gasteiger partial charge in [0.05, 0.1) is 17.0 Å². The maximum atomic E-state index is 13.3. The molecule has 1 atom stereocenters. The summed E-state index contributed by atoms with van der Waals surface area (Å²) in [5.74, 6) is 0.0507. The second-order valence-electron chi connectivity index (χ2n) is 7.22. The van der Waals surface area contributed by atoms with Gasteiger partial charge in [-0.3, -0.25) is 9.48 Å². The summed E-state index contributed by atoms with van der Waals surface area (Å²) in [6.45, 7) is 6.17. The quantitative estimate of drug-likeness (QED) is 0.760. The van der Waals surface area contributed by atoms with Crippen molar-refractivity contribution < 1.29 is 4.79 Å². The molecule has 1 fully saturated rings. The van der Waals surface area contributed by atoms with Gasteiger partial charge < -0.3 is 10.2 Å². The second-order valence-corrected chi connectivity index (χ2v) is 7.22. The molecule has 140 valence electrons. The third-order valence-corrected chi connectivity index (χ3v) is 5.31. The fraction of sp³-hybridized carbons (Fsp3) is 0.381. The highest BCUT2D eigenvalue weighted by atomic mass is 16.2. The van der Waals surface area contributed by atoms with Gasteiger partial charge in [0.2, 0.25) is 0 Å². The summed E-state index contributed by atoms with van der Waals surface area (Å²) in [7, 11) is 1.88. The van der Waals surface area contributed by atoms with Gasteiger partial charge >= 0.3 is 0 Å². The number of hydrogen-bond acceptors (Lipinski definition) is 4. The molecule has 1 aliphatic rings. The molecule has 6 heteroatoms. The fourth-order valence-corrected chi connectivity index (χ4v) is 3.83. The molecule has 4 rings (SSSR count). The van der Waals surface area contributed by atoms with Gasteiger partial charge in [-0.05, 0) is 38.4 Å². The van der Waals surface area contributed by atoms with E-state index >= 15 is 0 Å². The maximum Gasteiger partial charge on any atom is 0.255 e. The van der Waals surface area contributed by atoms with E-state index in [4.69, 9.17) is 0 Å². The van der Waals surface area contributed by atoms with Gasteiger partial charge in [0.1, 0.15) is 0 Å². The van der Waals surface area contributed by atoms with E-state index in [2.05, 4.69) is 27.5 Å². The molecule has 0 bridgehead atoms. The Morgan fingerprint density at radius 1 is 1.19 bits per heavy atom. The van der Waals surface area contributed by atoms with Gasteiger partial charge in [-0.15, -0.1) is 0 Å². The zero-order chi connectivity index (χ0) is 19.0. The molecule has 1 unspecified atom stereocenters. The summed E-state index contributed by atoms with van der Waals surface area (Å²) in [4.78, 5) is 20.0. The molecule has 0 radical (unpaired) electrons. The Balaban J connectivity index is 1.66. The number of benzene rings is 1. The third kappa shape index (κ3) is 3.32. The van der Waals surface area contributed by atoms with E-state index in [1.165, 1.54) is 5.56 Å². The van der Waals surface area contributed by atoms with Crippen molar-refractivity contribution in [3.8, 4) is 0 Å². The molecule has 0 saturated carbocycles. The predicted octanol–water partition coefficient (Wildman–Crippen LogP) is 2.76. The summed E-state index contributed by atoms with van der Waals surface area (Å²) in [6.07, 6.45) is 0.940. The van der Waals surface area contributed by atoms with Crippen LogP contribution >= 0.6 is 0 Å². The Morgan fingerprint density at radius 2 is 1.96 bits per heavy atom. The van der Waals surface area contributed by atoms with E-state index in [1.807, 2.05) is 50.1 Å². The van der Waals surface area contributed by atoms with Gasteiger partial charge in [0, 0.05) is 31.6 Å². The van der Waals surface area contributed by atoms with Crippen LogP contribution in [0.2, 0.25) is 0 Å². The Morgan fingerprint density at radius 3 is 2.74 bits per heavy atom. The average Bonchev–Trinajstić information content (AvgIpc) is 2.85. The SMILES string of the molecule is Cc1nc2c(cc1C(=O)N1CCCNC(c3ccccc3)C1)c(C)nn2C. The fourth-order valence-electron chi connectivity index (χ4n) is 3.83. The van der Waals surface area contributed by atoms with Crippen LogP contribution in [0.4, 0.5) is 0 Å². The normalized spacial score (nSPS) is 17.9. The molecule has 1 aromatic carbocycles. The average molecular weight is 363 g/mol. The van der Waals surface area contributed by atoms with Gasteiger partial charge in [-0.2, -0.15) is 5.10 Å². The summed E-state index contributed by atoms with van der Waals surface area (Å²) in [5.41, 5.74) is 4.36. The van der Waals surface area contributed by atoms with Crippen LogP contribution in [-0.2, 0) is 7.05 Å². The summed E-state index contributed by atoms with van der Waals surface area (Å²) < 4.78 is 1.77. The number of hydrogen-bond donors (Lipinski definition) is 1. The minimum Gasteiger partial charge on any atom is -0.337 e. The number of nitrogens with one attached hydrogen (secondary N) is 1. The molecule has 1 saturated heterocycles. The zero-order valence-corrected chi connectivity index (χ0v) is 16.1. The minimum absolute atomic E-state index is 0.0507. The Labute approximate surface area is 159 Å². The van der Waals surface area contributed by atoms with Crippen molar-refractivity contribution in [1.29, 1.82) is 0 Å². The Hall–Kier alpha value is -2.73. The summed E-state index contributed by atoms with van der Waals surface area (Å²) in [5, 5.41) is 8.94. The Bertz CT molecular complexity index is 979. The summed E-state index contributed by atoms with van der Waals surface area (Å²) >= 11 is 0. The topological polar surface area (TPSA) is 63.1 Å². The number of amides is 1. The van der Waals surface area contributed by atoms with Gasteiger partial charge in [-0.1, -0.05) is 30.3 Å². The van der Waals surface area contributed by atoms with E-state index < -0.39 is 0 Å². The lowest BCUT2D eigenvalue weighted by Gasteiger charge is -2.25. The van der Waals surface area contributed by atoms with Crippen LogP contribution in [0.25, 0.3) is 11.0 Å². The maximum absolute atomic E-state index is 13.3. The van der Waals surface area contributed by atoms with Crippen LogP contribution in [0.1, 0.15) is 39.8 Å². The van der Waals surface area contributed by atoms with Crippen molar-refractivity contribution in [1.82, 2.24) is 25.0 Å². The molecule has 2 aromatic heterocycles. The molecule has 1 N–H and O–H groups in total. The molecule has 1 aliphatic heterocycles. The van der Waals surface area contributed by atoms with Crippen molar-refractivity contribution in [2.45, 2.75) is 26.3 Å². The van der Waals surface area contributed by atoms with E-state index in [0.29, 0.717) is 12.1 Å². The second kappa shape index (κ2) is 7.12. The van der Waals surface area contributed by atoms with Crippen molar-refractivity contribution in [2.24, 2.45) is 7.05 Å². The number of aromatic nitrogens is 3. The Kier molecular flexibility index (Phi) is 4.66. The van der Waals surface area contributed by atoms with Crippen molar-refractivity contribution in [3.63, 3.8) is 0 Å². The highest BCUT2D eigenvalue weighted by Gasteiger charge is 2.25. The molecule has 3 aromatic rings. The first-order valence-electron chi connectivity index (χ1n) is 9.43. The molecule has 0 aliphatic carbocycles. The number of pyridine rings is 1. The lowest BCUT2D eigenvalue weighted by Crippen LogP contribution is -2.36. The molecule has 1 amide bonds. The van der Waals surface area contributed by atoms with Crippen LogP contribution in [0, 0.1) is 13.8 Å². The van der Waals surface area contributed by atoms with Crippen molar-refractivity contribution in [3.05, 3.63) is 58.9 Å². The van der Waals surface area contributed by atoms with E-state index in [-0.39, 0.29) is 11.9 Å². The van der Waals surface area contributed by atoms with E-state index in [1.54, 1.807) is 4.68 Å². The standard InChI is InChI=1S/C21H25N5O/c1-14-18(12-17-15(2)24-25(3)20(17)23-14)21(27)26-11-7-10-22-19(13-26)16-8-5-4-6-9-16/h4-6,8-9,12,19,22H,7,10-11,13H2,1-3H3. The molecular weight excluding hydrogens is 338 g/mol. The lowest BCUT2D eigenvalue weighted by molar-refractivity contribution is 0.0752. The number of carbonyl (C=O) groups is 1. The smallest absolute Gasteiger partial charge is 0.255 e. The lowest BCUT2D eigenvalue weighted by atomic mass is 10.1. The highest BCUT2D eigenvalue weighted by Crippen LogP contribution is 2.23. The van der Waals surface area contributed by atoms with Crippen LogP contribution in [-0.4, -0.2) is 45.2 Å². The predicted molar refractivity (Wildman–Crippen MR) is 106 cm³/mol. The number of nitrogens with zero attached hydrogens (tertiary/aromatic N) is 4. The molecule has 6 nitrogen and oxygen atoms in total. The monoisotopic (exact) mass is 363 g/mol. The largest absolute Gasteiger partial charge is 0.337 e. The van der Waals surface area contributed by atoms with Gasteiger partial charge in [0.25, 0.3) is 5.91 Å². The summed E-state index contributed by atoms with van der Waals surface area (Å²) in [6, 6.07) is 12.4. The number of fused-ring (bicyclic) bond motifs is 1. The number of rotatable bonds is 2. The van der Waals surface area contributed by atoms with Gasteiger partial charge in [0.15, 0.2) is 5.65 Å². The zero-order valence-electron chi connectivity index (χ0n) is 16.1. The van der Waals surface area contributed by atoms with Crippen LogP contribution in [0.5, 0.6) is 0 Å². The van der Waals surface area contributed by atoms with E-state index in [9.17, 15) is 4.79 Å². The van der Waals surface area contributed by atoms with Gasteiger partial charge in [-0.25, -0.2) is 4.98 Å². The number of aryl methyl sites for hydroxylation is 3.